The minimum atomic E-state index is -0.983. The van der Waals surface area contributed by atoms with E-state index in [9.17, 15) is 9.59 Å². The third kappa shape index (κ3) is 8.67. The number of carbonyl (C=O) groups excluding carboxylic acids is 1. The highest BCUT2D eigenvalue weighted by Crippen LogP contribution is 2.19. The van der Waals surface area contributed by atoms with Gasteiger partial charge in [-0.3, -0.25) is 0 Å². The van der Waals surface area contributed by atoms with Gasteiger partial charge in [0.1, 0.15) is 0 Å². The summed E-state index contributed by atoms with van der Waals surface area (Å²) in [5.41, 5.74) is 0.157. The number of rotatable bonds is 5. The highest BCUT2D eigenvalue weighted by Gasteiger charge is 2.10. The average Bonchev–Trinajstić information content (AvgIpc) is 2.38. The Morgan fingerprint density at radius 1 is 1.33 bits per heavy atom. The van der Waals surface area contributed by atoms with Crippen LogP contribution in [0.2, 0.25) is 0 Å². The number of hydrogen-bond acceptors (Lipinski definition) is 4. The van der Waals surface area contributed by atoms with E-state index < -0.39 is 5.97 Å². The molecule has 0 unspecified atom stereocenters. The molecule has 0 spiro atoms. The standard InChI is InChI=1S/C7H11NO.C6H10O3/c9-6-8-7-4-2-1-3-5-7;1-5(6(8)9)3-2-4-7/h7H,1-5H2;7H,1-4H2,(H,8,9). The predicted molar refractivity (Wildman–Crippen MR) is 68.1 cm³/mol. The molecule has 0 heterocycles. The van der Waals surface area contributed by atoms with Crippen LogP contribution in [0.25, 0.3) is 0 Å². The Balaban J connectivity index is 0.000000321. The molecule has 102 valence electrons. The van der Waals surface area contributed by atoms with Crippen molar-refractivity contribution in [2.45, 2.75) is 51.0 Å². The molecule has 0 bridgehead atoms. The van der Waals surface area contributed by atoms with Gasteiger partial charge in [-0.25, -0.2) is 14.6 Å². The fourth-order valence-corrected chi connectivity index (χ4v) is 1.68. The quantitative estimate of drug-likeness (QED) is 0.447. The zero-order valence-electron chi connectivity index (χ0n) is 10.6. The Kier molecular flexibility index (Phi) is 9.83. The van der Waals surface area contributed by atoms with E-state index in [0.29, 0.717) is 18.9 Å². The van der Waals surface area contributed by atoms with Gasteiger partial charge in [-0.1, -0.05) is 25.8 Å². The number of hydrogen-bond donors (Lipinski definition) is 2. The maximum atomic E-state index is 10.0. The molecule has 0 radical (unpaired) electrons. The second-order valence-electron chi connectivity index (χ2n) is 4.25. The molecule has 0 aromatic carbocycles. The first kappa shape index (κ1) is 16.6. The van der Waals surface area contributed by atoms with Gasteiger partial charge < -0.3 is 10.2 Å². The van der Waals surface area contributed by atoms with Crippen molar-refractivity contribution in [3.8, 4) is 0 Å². The van der Waals surface area contributed by atoms with Crippen molar-refractivity contribution in [1.29, 1.82) is 0 Å². The van der Waals surface area contributed by atoms with Gasteiger partial charge >= 0.3 is 5.97 Å². The van der Waals surface area contributed by atoms with Gasteiger partial charge in [-0.2, -0.15) is 0 Å². The van der Waals surface area contributed by atoms with Crippen molar-refractivity contribution in [2.75, 3.05) is 6.61 Å². The topological polar surface area (TPSA) is 87.0 Å². The van der Waals surface area contributed by atoms with E-state index in [-0.39, 0.29) is 12.2 Å². The molecular formula is C13H21NO4. The van der Waals surface area contributed by atoms with E-state index in [1.807, 2.05) is 0 Å². The minimum absolute atomic E-state index is 0.0201. The van der Waals surface area contributed by atoms with E-state index in [1.54, 1.807) is 6.08 Å². The molecule has 0 amide bonds. The summed E-state index contributed by atoms with van der Waals surface area (Å²) in [6.45, 7) is 3.30. The minimum Gasteiger partial charge on any atom is -0.478 e. The summed E-state index contributed by atoms with van der Waals surface area (Å²) in [5, 5.41) is 16.5. The van der Waals surface area contributed by atoms with Crippen LogP contribution in [-0.4, -0.2) is 34.9 Å². The van der Waals surface area contributed by atoms with Crippen molar-refractivity contribution < 1.29 is 19.8 Å². The second-order valence-corrected chi connectivity index (χ2v) is 4.25. The molecule has 0 aromatic heterocycles. The first-order valence-corrected chi connectivity index (χ1v) is 6.20. The molecule has 5 nitrogen and oxygen atoms in total. The molecule has 0 aromatic rings. The predicted octanol–water partition coefficient (Wildman–Crippen LogP) is 2.05. The Bertz CT molecular complexity index is 302. The molecular weight excluding hydrogens is 234 g/mol. The molecule has 0 atom stereocenters. The van der Waals surface area contributed by atoms with Crippen LogP contribution in [0.4, 0.5) is 0 Å². The number of carbonyl (C=O) groups is 1. The maximum Gasteiger partial charge on any atom is 0.330 e. The van der Waals surface area contributed by atoms with E-state index in [2.05, 4.69) is 11.6 Å². The van der Waals surface area contributed by atoms with Crippen LogP contribution in [0.1, 0.15) is 44.9 Å². The number of isocyanates is 1. The van der Waals surface area contributed by atoms with Crippen LogP contribution in [-0.2, 0) is 9.59 Å². The Hall–Kier alpha value is -1.45. The lowest BCUT2D eigenvalue weighted by Gasteiger charge is -2.14. The third-order valence-electron chi connectivity index (χ3n) is 2.75. The zero-order chi connectivity index (χ0) is 13.8. The molecule has 1 aliphatic rings. The highest BCUT2D eigenvalue weighted by molar-refractivity contribution is 5.85. The average molecular weight is 255 g/mol. The molecule has 2 N–H and O–H groups in total. The van der Waals surface area contributed by atoms with Crippen molar-refractivity contribution in [1.82, 2.24) is 0 Å². The lowest BCUT2D eigenvalue weighted by atomic mass is 9.96. The smallest absolute Gasteiger partial charge is 0.330 e. The summed E-state index contributed by atoms with van der Waals surface area (Å²) < 4.78 is 0. The van der Waals surface area contributed by atoms with Crippen LogP contribution < -0.4 is 0 Å². The number of aliphatic hydroxyl groups is 1. The summed E-state index contributed by atoms with van der Waals surface area (Å²) in [7, 11) is 0. The van der Waals surface area contributed by atoms with Gasteiger partial charge in [-0.05, 0) is 25.7 Å². The van der Waals surface area contributed by atoms with Gasteiger partial charge in [0.25, 0.3) is 0 Å². The van der Waals surface area contributed by atoms with Crippen molar-refractivity contribution in [2.24, 2.45) is 4.99 Å². The number of carboxylic acids is 1. The summed E-state index contributed by atoms with van der Waals surface area (Å²) in [6.07, 6.45) is 8.42. The number of aliphatic hydroxyl groups excluding tert-OH is 1. The summed E-state index contributed by atoms with van der Waals surface area (Å²) >= 11 is 0. The SMILES string of the molecule is C=C(CCCO)C(=O)O.O=C=NC1CCCCC1. The summed E-state index contributed by atoms with van der Waals surface area (Å²) in [5.74, 6) is -0.983. The Labute approximate surface area is 107 Å². The van der Waals surface area contributed by atoms with Crippen molar-refractivity contribution in [3.63, 3.8) is 0 Å². The lowest BCUT2D eigenvalue weighted by Crippen LogP contribution is -2.08. The number of nitrogens with zero attached hydrogens (tertiary/aromatic N) is 1. The van der Waals surface area contributed by atoms with Crippen LogP contribution >= 0.6 is 0 Å². The fourth-order valence-electron chi connectivity index (χ4n) is 1.68. The normalized spacial score (nSPS) is 14.9. The lowest BCUT2D eigenvalue weighted by molar-refractivity contribution is -0.132. The molecule has 1 fully saturated rings. The Morgan fingerprint density at radius 2 is 1.94 bits per heavy atom. The van der Waals surface area contributed by atoms with Gasteiger partial charge in [-0.15, -0.1) is 0 Å². The van der Waals surface area contributed by atoms with E-state index in [4.69, 9.17) is 10.2 Å². The molecule has 1 aliphatic carbocycles. The van der Waals surface area contributed by atoms with Gasteiger partial charge in [0.2, 0.25) is 6.08 Å². The first-order chi connectivity index (χ1) is 8.61. The molecule has 0 saturated heterocycles. The largest absolute Gasteiger partial charge is 0.478 e. The third-order valence-corrected chi connectivity index (χ3v) is 2.75. The number of carboxylic acid groups (broad SMARTS) is 1. The molecule has 5 heteroatoms. The number of aliphatic imine (C=N–C) groups is 1. The summed E-state index contributed by atoms with van der Waals surface area (Å²) in [4.78, 5) is 23.5. The molecule has 1 rings (SSSR count). The zero-order valence-corrected chi connectivity index (χ0v) is 10.6. The first-order valence-electron chi connectivity index (χ1n) is 6.20. The van der Waals surface area contributed by atoms with Crippen LogP contribution in [0.5, 0.6) is 0 Å². The molecule has 1 saturated carbocycles. The monoisotopic (exact) mass is 255 g/mol. The van der Waals surface area contributed by atoms with Gasteiger partial charge in [0, 0.05) is 12.2 Å². The van der Waals surface area contributed by atoms with Crippen molar-refractivity contribution >= 4 is 12.0 Å². The highest BCUT2D eigenvalue weighted by atomic mass is 16.4. The van der Waals surface area contributed by atoms with Crippen molar-refractivity contribution in [3.05, 3.63) is 12.2 Å². The van der Waals surface area contributed by atoms with E-state index >= 15 is 0 Å². The number of aliphatic carboxylic acids is 1. The van der Waals surface area contributed by atoms with Crippen LogP contribution in [0.3, 0.4) is 0 Å². The van der Waals surface area contributed by atoms with Gasteiger partial charge in [0.05, 0.1) is 6.04 Å². The fraction of sp³-hybridized carbons (Fsp3) is 0.692. The Morgan fingerprint density at radius 3 is 2.39 bits per heavy atom. The van der Waals surface area contributed by atoms with E-state index in [1.165, 1.54) is 19.3 Å². The maximum absolute atomic E-state index is 10.0. The molecule has 0 aliphatic heterocycles. The van der Waals surface area contributed by atoms with Crippen LogP contribution in [0, 0.1) is 0 Å². The van der Waals surface area contributed by atoms with Crippen LogP contribution in [0.15, 0.2) is 17.1 Å². The van der Waals surface area contributed by atoms with E-state index in [0.717, 1.165) is 12.8 Å². The molecule has 18 heavy (non-hydrogen) atoms. The second kappa shape index (κ2) is 10.7. The van der Waals surface area contributed by atoms with Gasteiger partial charge in [0.15, 0.2) is 0 Å². The summed E-state index contributed by atoms with van der Waals surface area (Å²) in [6, 6.07) is 0.302.